The third kappa shape index (κ3) is 5.52. The molecule has 0 fully saturated rings. The fourth-order valence-electron chi connectivity index (χ4n) is 7.94. The summed E-state index contributed by atoms with van der Waals surface area (Å²) in [6.07, 6.45) is 3.52. The number of nitrogens with zero attached hydrogens (tertiary/aromatic N) is 3. The number of rotatable bonds is 7. The monoisotopic (exact) mass is 743 g/mol. The average molecular weight is 744 g/mol. The van der Waals surface area contributed by atoms with Crippen LogP contribution in [0, 0.1) is 0 Å². The molecule has 0 spiro atoms. The zero-order valence-electron chi connectivity index (χ0n) is 30.0. The number of hydrogen-bond acceptors (Lipinski definition) is 6. The van der Waals surface area contributed by atoms with Gasteiger partial charge in [-0.05, 0) is 78.1 Å². The summed E-state index contributed by atoms with van der Waals surface area (Å²) in [5, 5.41) is 7.18. The summed E-state index contributed by atoms with van der Waals surface area (Å²) in [5.41, 5.74) is 8.17. The van der Waals surface area contributed by atoms with E-state index in [2.05, 4.69) is 122 Å². The molecule has 0 saturated heterocycles. The van der Waals surface area contributed by atoms with Gasteiger partial charge in [-0.25, -0.2) is 15.0 Å². The van der Waals surface area contributed by atoms with Crippen LogP contribution in [0.2, 0.25) is 0 Å². The van der Waals surface area contributed by atoms with E-state index in [1.807, 2.05) is 53.0 Å². The van der Waals surface area contributed by atoms with Gasteiger partial charge < -0.3 is 4.42 Å². The molecule has 0 aliphatic rings. The van der Waals surface area contributed by atoms with Gasteiger partial charge in [0, 0.05) is 67.8 Å². The van der Waals surface area contributed by atoms with Gasteiger partial charge in [-0.2, -0.15) is 0 Å². The fraction of sp³-hybridized carbons (Fsp3) is 0.0816. The van der Waals surface area contributed by atoms with Crippen LogP contribution in [0.15, 0.2) is 150 Å². The molecule has 6 heteroatoms. The van der Waals surface area contributed by atoms with E-state index in [1.165, 1.54) is 64.3 Å². The smallest absolute Gasteiger partial charge is 0.164 e. The highest BCUT2D eigenvalue weighted by Gasteiger charge is 2.19. The number of aryl methyl sites for hydroxylation is 1. The predicted molar refractivity (Wildman–Crippen MR) is 233 cm³/mol. The first-order chi connectivity index (χ1) is 27.2. The van der Waals surface area contributed by atoms with Crippen molar-refractivity contribution in [3.05, 3.63) is 151 Å². The highest BCUT2D eigenvalue weighted by molar-refractivity contribution is 7.26. The van der Waals surface area contributed by atoms with Gasteiger partial charge in [0.15, 0.2) is 17.5 Å². The zero-order chi connectivity index (χ0) is 36.5. The first-order valence-corrected chi connectivity index (χ1v) is 20.4. The van der Waals surface area contributed by atoms with Crippen LogP contribution >= 0.6 is 22.7 Å². The lowest BCUT2D eigenvalue weighted by atomic mass is 9.99. The molecule has 11 rings (SSSR count). The van der Waals surface area contributed by atoms with E-state index >= 15 is 0 Å². The molecular formula is C49H33N3OS2. The standard InChI is InChI=1S/C49H33N3OS2/c1-2-3-10-29-17-21-35-36-22-18-33(28-45(36)55-44(35)25-29)48-50-47(30-11-5-4-6-12-30)51-49(52-48)37-14-9-15-41-46(37)39-27-31(19-23-40(39)53-41)32-20-24-43-38(26-32)34-13-7-8-16-42(34)54-43/h4-9,11-28H,2-3,10H2,1H3. The van der Waals surface area contributed by atoms with E-state index < -0.39 is 0 Å². The van der Waals surface area contributed by atoms with Crippen molar-refractivity contribution in [3.8, 4) is 45.3 Å². The van der Waals surface area contributed by atoms with E-state index in [-0.39, 0.29) is 0 Å². The van der Waals surface area contributed by atoms with Crippen LogP contribution in [0.3, 0.4) is 0 Å². The second-order valence-corrected chi connectivity index (χ2v) is 16.4. The summed E-state index contributed by atoms with van der Waals surface area (Å²) >= 11 is 3.68. The number of furan rings is 1. The molecule has 11 aromatic rings. The minimum Gasteiger partial charge on any atom is -0.456 e. The van der Waals surface area contributed by atoms with Gasteiger partial charge in [0.05, 0.1) is 0 Å². The van der Waals surface area contributed by atoms with Gasteiger partial charge in [0.2, 0.25) is 0 Å². The van der Waals surface area contributed by atoms with Crippen molar-refractivity contribution < 1.29 is 4.42 Å². The predicted octanol–water partition coefficient (Wildman–Crippen LogP) is 14.5. The maximum absolute atomic E-state index is 6.49. The van der Waals surface area contributed by atoms with Crippen molar-refractivity contribution in [2.45, 2.75) is 26.2 Å². The molecule has 0 saturated carbocycles. The van der Waals surface area contributed by atoms with Crippen molar-refractivity contribution in [2.75, 3.05) is 0 Å². The van der Waals surface area contributed by atoms with Crippen LogP contribution in [-0.2, 0) is 6.42 Å². The molecule has 55 heavy (non-hydrogen) atoms. The van der Waals surface area contributed by atoms with E-state index in [1.54, 1.807) is 0 Å². The number of hydrogen-bond donors (Lipinski definition) is 0. The van der Waals surface area contributed by atoms with Gasteiger partial charge in [-0.1, -0.05) is 110 Å². The summed E-state index contributed by atoms with van der Waals surface area (Å²) in [6, 6.07) is 51.9. The number of benzene rings is 7. The Morgan fingerprint density at radius 2 is 1.13 bits per heavy atom. The van der Waals surface area contributed by atoms with Crippen LogP contribution in [-0.4, -0.2) is 15.0 Å². The Balaban J connectivity index is 1.07. The van der Waals surface area contributed by atoms with E-state index in [0.717, 1.165) is 50.6 Å². The molecule has 7 aromatic carbocycles. The largest absolute Gasteiger partial charge is 0.456 e. The number of unbranched alkanes of at least 4 members (excludes halogenated alkanes) is 1. The summed E-state index contributed by atoms with van der Waals surface area (Å²) in [7, 11) is 0. The van der Waals surface area contributed by atoms with Gasteiger partial charge in [0.25, 0.3) is 0 Å². The molecule has 262 valence electrons. The minimum absolute atomic E-state index is 0.616. The average Bonchev–Trinajstić information content (AvgIpc) is 3.93. The number of aromatic nitrogens is 3. The Bertz CT molecular complexity index is 3260. The van der Waals surface area contributed by atoms with Crippen molar-refractivity contribution in [1.82, 2.24) is 15.0 Å². The molecule has 0 atom stereocenters. The summed E-state index contributed by atoms with van der Waals surface area (Å²) in [4.78, 5) is 15.5. The molecular weight excluding hydrogens is 711 g/mol. The maximum Gasteiger partial charge on any atom is 0.164 e. The van der Waals surface area contributed by atoms with E-state index in [0.29, 0.717) is 17.5 Å². The van der Waals surface area contributed by atoms with Crippen molar-refractivity contribution in [1.29, 1.82) is 0 Å². The molecule has 0 aliphatic carbocycles. The topological polar surface area (TPSA) is 51.8 Å². The number of thiophene rings is 2. The molecule has 0 N–H and O–H groups in total. The third-order valence-corrected chi connectivity index (χ3v) is 13.0. The van der Waals surface area contributed by atoms with Crippen LogP contribution in [0.1, 0.15) is 25.3 Å². The summed E-state index contributed by atoms with van der Waals surface area (Å²) in [5.74, 6) is 1.90. The highest BCUT2D eigenvalue weighted by atomic mass is 32.1. The zero-order valence-corrected chi connectivity index (χ0v) is 31.7. The van der Waals surface area contributed by atoms with Gasteiger partial charge in [-0.3, -0.25) is 0 Å². The summed E-state index contributed by atoms with van der Waals surface area (Å²) in [6.45, 7) is 2.25. The second kappa shape index (κ2) is 13.0. The van der Waals surface area contributed by atoms with Crippen LogP contribution in [0.4, 0.5) is 0 Å². The molecule has 0 amide bonds. The Morgan fingerprint density at radius 3 is 2.00 bits per heavy atom. The Kier molecular flexibility index (Phi) is 7.61. The maximum atomic E-state index is 6.49. The second-order valence-electron chi connectivity index (χ2n) is 14.2. The lowest BCUT2D eigenvalue weighted by Crippen LogP contribution is -2.00. The van der Waals surface area contributed by atoms with Crippen LogP contribution in [0.25, 0.3) is 108 Å². The number of fused-ring (bicyclic) bond motifs is 9. The van der Waals surface area contributed by atoms with E-state index in [9.17, 15) is 0 Å². The van der Waals surface area contributed by atoms with Crippen molar-refractivity contribution >= 4 is 85.0 Å². The lowest BCUT2D eigenvalue weighted by Gasteiger charge is -2.09. The Hall–Kier alpha value is -6.21. The third-order valence-electron chi connectivity index (χ3n) is 10.7. The molecule has 4 nitrogen and oxygen atoms in total. The Labute approximate surface area is 325 Å². The van der Waals surface area contributed by atoms with Crippen molar-refractivity contribution in [3.63, 3.8) is 0 Å². The SMILES string of the molecule is CCCCc1ccc2c(c1)sc1cc(-c3nc(-c4ccccc4)nc(-c4cccc5oc6ccc(-c7ccc8sc9ccccc9c8c7)cc6c45)n3)ccc12. The highest BCUT2D eigenvalue weighted by Crippen LogP contribution is 2.41. The van der Waals surface area contributed by atoms with Gasteiger partial charge in [0.1, 0.15) is 11.2 Å². The molecule has 0 aliphatic heterocycles. The van der Waals surface area contributed by atoms with E-state index in [4.69, 9.17) is 19.4 Å². The fourth-order valence-corrected chi connectivity index (χ4v) is 10.2. The quantitative estimate of drug-likeness (QED) is 0.163. The first kappa shape index (κ1) is 32.2. The van der Waals surface area contributed by atoms with Crippen LogP contribution in [0.5, 0.6) is 0 Å². The first-order valence-electron chi connectivity index (χ1n) is 18.8. The van der Waals surface area contributed by atoms with Crippen molar-refractivity contribution in [2.24, 2.45) is 0 Å². The molecule has 0 bridgehead atoms. The molecule has 0 radical (unpaired) electrons. The van der Waals surface area contributed by atoms with Gasteiger partial charge in [-0.15, -0.1) is 22.7 Å². The Morgan fingerprint density at radius 1 is 0.455 bits per heavy atom. The minimum atomic E-state index is 0.616. The molecule has 4 aromatic heterocycles. The summed E-state index contributed by atoms with van der Waals surface area (Å²) < 4.78 is 11.6. The van der Waals surface area contributed by atoms with Crippen LogP contribution < -0.4 is 0 Å². The molecule has 4 heterocycles. The lowest BCUT2D eigenvalue weighted by molar-refractivity contribution is 0.669. The van der Waals surface area contributed by atoms with Gasteiger partial charge >= 0.3 is 0 Å². The molecule has 0 unspecified atom stereocenters. The normalized spacial score (nSPS) is 11.9.